The number of carbonyl (C=O) groups is 2. The van der Waals surface area contributed by atoms with Crippen LogP contribution in [0, 0.1) is 5.82 Å². The molecule has 0 spiro atoms. The number of halogens is 1. The molecule has 1 atom stereocenters. The molecule has 37 heavy (non-hydrogen) atoms. The zero-order chi connectivity index (χ0) is 25.9. The van der Waals surface area contributed by atoms with Crippen molar-refractivity contribution in [1.29, 1.82) is 0 Å². The Labute approximate surface area is 219 Å². The van der Waals surface area contributed by atoms with Gasteiger partial charge in [-0.05, 0) is 60.9 Å². The Bertz CT molecular complexity index is 1180. The van der Waals surface area contributed by atoms with E-state index in [0.717, 1.165) is 36.0 Å². The van der Waals surface area contributed by atoms with Gasteiger partial charge in [-0.1, -0.05) is 84.4 Å². The van der Waals surface area contributed by atoms with Gasteiger partial charge in [0.25, 0.3) is 0 Å². The van der Waals surface area contributed by atoms with E-state index in [0.29, 0.717) is 13.0 Å². The smallest absolute Gasteiger partial charge is 0.243 e. The number of amides is 2. The van der Waals surface area contributed by atoms with Gasteiger partial charge in [0.2, 0.25) is 11.8 Å². The molecule has 1 aliphatic carbocycles. The summed E-state index contributed by atoms with van der Waals surface area (Å²) in [4.78, 5) is 29.0. The van der Waals surface area contributed by atoms with Gasteiger partial charge in [0.05, 0.1) is 6.42 Å². The van der Waals surface area contributed by atoms with E-state index >= 15 is 0 Å². The lowest BCUT2D eigenvalue weighted by molar-refractivity contribution is -0.140. The van der Waals surface area contributed by atoms with Crippen LogP contribution in [0.2, 0.25) is 0 Å². The van der Waals surface area contributed by atoms with Crippen molar-refractivity contribution < 1.29 is 14.0 Å². The van der Waals surface area contributed by atoms with Crippen molar-refractivity contribution in [3.8, 4) is 0 Å². The van der Waals surface area contributed by atoms with E-state index in [4.69, 9.17) is 0 Å². The van der Waals surface area contributed by atoms with Crippen LogP contribution in [0.3, 0.4) is 0 Å². The molecular weight excluding hydrogens is 463 g/mol. The average molecular weight is 499 g/mol. The van der Waals surface area contributed by atoms with Crippen molar-refractivity contribution in [1.82, 2.24) is 10.2 Å². The summed E-state index contributed by atoms with van der Waals surface area (Å²) in [5.74, 6) is -0.633. The first-order valence-electron chi connectivity index (χ1n) is 13.2. The fraction of sp³-hybridized carbons (Fsp3) is 0.312. The first kappa shape index (κ1) is 26.3. The summed E-state index contributed by atoms with van der Waals surface area (Å²) >= 11 is 0. The lowest BCUT2D eigenvalue weighted by atomic mass is 9.97. The Hall–Kier alpha value is -3.73. The normalized spacial score (nSPS) is 13.9. The maximum atomic E-state index is 13.7. The van der Waals surface area contributed by atoms with E-state index in [1.165, 1.54) is 30.5 Å². The summed E-state index contributed by atoms with van der Waals surface area (Å²) in [6, 6.07) is 24.8. The van der Waals surface area contributed by atoms with Gasteiger partial charge in [-0.25, -0.2) is 4.39 Å². The summed E-state index contributed by atoms with van der Waals surface area (Å²) < 4.78 is 13.6. The van der Waals surface area contributed by atoms with Gasteiger partial charge < -0.3 is 10.2 Å². The molecule has 1 unspecified atom stereocenters. The van der Waals surface area contributed by atoms with Crippen LogP contribution < -0.4 is 5.32 Å². The van der Waals surface area contributed by atoms with E-state index in [1.807, 2.05) is 60.7 Å². The molecule has 1 N–H and O–H groups in total. The fourth-order valence-corrected chi connectivity index (χ4v) is 4.81. The highest BCUT2D eigenvalue weighted by atomic mass is 19.1. The predicted molar refractivity (Wildman–Crippen MR) is 145 cm³/mol. The highest BCUT2D eigenvalue weighted by molar-refractivity contribution is 5.88. The largest absolute Gasteiger partial charge is 0.354 e. The number of nitrogens with one attached hydrogen (secondary N) is 1. The van der Waals surface area contributed by atoms with E-state index in [-0.39, 0.29) is 30.6 Å². The number of benzene rings is 3. The molecule has 0 saturated heterocycles. The van der Waals surface area contributed by atoms with Crippen molar-refractivity contribution >= 4 is 11.8 Å². The zero-order valence-corrected chi connectivity index (χ0v) is 21.2. The Balaban J connectivity index is 1.57. The predicted octanol–water partition coefficient (Wildman–Crippen LogP) is 6.02. The number of allylic oxidation sites excluding steroid dienone is 1. The van der Waals surface area contributed by atoms with Gasteiger partial charge in [0, 0.05) is 19.5 Å². The molecule has 0 radical (unpaired) electrons. The Morgan fingerprint density at radius 3 is 2.16 bits per heavy atom. The summed E-state index contributed by atoms with van der Waals surface area (Å²) in [7, 11) is 0. The third kappa shape index (κ3) is 8.14. The van der Waals surface area contributed by atoms with Crippen molar-refractivity contribution in [3.63, 3.8) is 0 Å². The second kappa shape index (κ2) is 13.5. The summed E-state index contributed by atoms with van der Waals surface area (Å²) in [5, 5.41) is 3.11. The number of nitrogens with zero attached hydrogens (tertiary/aromatic N) is 1. The quantitative estimate of drug-likeness (QED) is 0.329. The summed E-state index contributed by atoms with van der Waals surface area (Å²) in [6.45, 7) is 0.773. The van der Waals surface area contributed by atoms with E-state index in [2.05, 4.69) is 11.4 Å². The maximum Gasteiger partial charge on any atom is 0.243 e. The molecule has 0 bridgehead atoms. The van der Waals surface area contributed by atoms with Gasteiger partial charge in [-0.15, -0.1) is 0 Å². The Kier molecular flexibility index (Phi) is 9.64. The molecule has 1 aliphatic rings. The molecule has 2 amide bonds. The molecule has 5 heteroatoms. The molecular formula is C32H35FN2O2. The van der Waals surface area contributed by atoms with Gasteiger partial charge in [0.15, 0.2) is 0 Å². The SMILES string of the molecule is O=C(NCCC1=CCCCC1)C(Cc1ccccc1)N(Cc1ccc(F)cc1)C(=O)Cc1ccccc1. The zero-order valence-electron chi connectivity index (χ0n) is 21.2. The van der Waals surface area contributed by atoms with Crippen molar-refractivity contribution in [2.75, 3.05) is 6.54 Å². The fourth-order valence-electron chi connectivity index (χ4n) is 4.81. The van der Waals surface area contributed by atoms with Crippen LogP contribution in [0.1, 0.15) is 48.8 Å². The number of carbonyl (C=O) groups excluding carboxylic acids is 2. The van der Waals surface area contributed by atoms with Crippen LogP contribution in [0.5, 0.6) is 0 Å². The molecule has 3 aromatic rings. The third-order valence-electron chi connectivity index (χ3n) is 6.87. The highest BCUT2D eigenvalue weighted by Gasteiger charge is 2.30. The molecule has 4 rings (SSSR count). The lowest BCUT2D eigenvalue weighted by Gasteiger charge is -2.32. The standard InChI is InChI=1S/C32H35FN2O2/c33-29-18-16-28(17-19-29)24-35(31(36)23-27-14-8-3-9-15-27)30(22-26-12-6-2-7-13-26)32(37)34-21-20-25-10-4-1-5-11-25/h2-3,6-10,12-19,30H,1,4-5,11,20-24H2,(H,34,37). The first-order valence-corrected chi connectivity index (χ1v) is 13.2. The molecule has 0 heterocycles. The second-order valence-electron chi connectivity index (χ2n) is 9.67. The topological polar surface area (TPSA) is 49.4 Å². The average Bonchev–Trinajstić information content (AvgIpc) is 2.93. The molecule has 192 valence electrons. The van der Waals surface area contributed by atoms with Crippen molar-refractivity contribution in [3.05, 3.63) is 119 Å². The van der Waals surface area contributed by atoms with Gasteiger partial charge in [-0.3, -0.25) is 9.59 Å². The minimum Gasteiger partial charge on any atom is -0.354 e. The first-order chi connectivity index (χ1) is 18.1. The van der Waals surface area contributed by atoms with Crippen LogP contribution >= 0.6 is 0 Å². The Morgan fingerprint density at radius 2 is 1.51 bits per heavy atom. The van der Waals surface area contributed by atoms with Gasteiger partial charge >= 0.3 is 0 Å². The Morgan fingerprint density at radius 1 is 0.838 bits per heavy atom. The molecule has 0 fully saturated rings. The van der Waals surface area contributed by atoms with E-state index < -0.39 is 6.04 Å². The molecule has 0 aliphatic heterocycles. The van der Waals surface area contributed by atoms with Crippen molar-refractivity contribution in [2.45, 2.75) is 57.5 Å². The van der Waals surface area contributed by atoms with Gasteiger partial charge in [-0.2, -0.15) is 0 Å². The van der Waals surface area contributed by atoms with E-state index in [9.17, 15) is 14.0 Å². The molecule has 0 aromatic heterocycles. The number of hydrogen-bond donors (Lipinski definition) is 1. The minimum absolute atomic E-state index is 0.137. The molecule has 4 nitrogen and oxygen atoms in total. The van der Waals surface area contributed by atoms with Crippen LogP contribution in [0.4, 0.5) is 4.39 Å². The third-order valence-corrected chi connectivity index (χ3v) is 6.87. The van der Waals surface area contributed by atoms with Crippen LogP contribution in [-0.2, 0) is 29.0 Å². The molecule has 0 saturated carbocycles. The van der Waals surface area contributed by atoms with E-state index in [1.54, 1.807) is 17.0 Å². The van der Waals surface area contributed by atoms with Crippen LogP contribution in [0.25, 0.3) is 0 Å². The molecule has 3 aromatic carbocycles. The van der Waals surface area contributed by atoms with Gasteiger partial charge in [0.1, 0.15) is 11.9 Å². The van der Waals surface area contributed by atoms with Crippen molar-refractivity contribution in [2.24, 2.45) is 0 Å². The van der Waals surface area contributed by atoms with Crippen LogP contribution in [0.15, 0.2) is 96.6 Å². The second-order valence-corrected chi connectivity index (χ2v) is 9.67. The summed E-state index contributed by atoms with van der Waals surface area (Å²) in [6.07, 6.45) is 8.35. The monoisotopic (exact) mass is 498 g/mol. The minimum atomic E-state index is -0.691. The maximum absolute atomic E-state index is 13.7. The summed E-state index contributed by atoms with van der Waals surface area (Å²) in [5.41, 5.74) is 4.05. The van der Waals surface area contributed by atoms with Crippen LogP contribution in [-0.4, -0.2) is 29.3 Å². The lowest BCUT2D eigenvalue weighted by Crippen LogP contribution is -2.51. The number of hydrogen-bond acceptors (Lipinski definition) is 2. The highest BCUT2D eigenvalue weighted by Crippen LogP contribution is 2.20. The number of rotatable bonds is 11.